The number of aliphatic hydroxyl groups is 1. The largest absolute Gasteiger partial charge is 0.469 e. The zero-order valence-electron chi connectivity index (χ0n) is 26.2. The number of methoxy groups -OCH3 is 1. The van der Waals surface area contributed by atoms with Gasteiger partial charge in [-0.2, -0.15) is 0 Å². The number of hydrogen-bond acceptors (Lipinski definition) is 9. The normalized spacial score (nSPS) is 38.3. The topological polar surface area (TPSA) is 141 Å². The Kier molecular flexibility index (Phi) is 7.88. The number of hydrogen-bond donors (Lipinski definition) is 1. The van der Waals surface area contributed by atoms with Crippen LogP contribution in [-0.2, 0) is 38.2 Å². The average Bonchev–Trinajstić information content (AvgIpc) is 3.11. The zero-order chi connectivity index (χ0) is 31.7. The summed E-state index contributed by atoms with van der Waals surface area (Å²) in [6.45, 7) is 13.6. The van der Waals surface area contributed by atoms with Crippen LogP contribution in [-0.4, -0.2) is 59.5 Å². The van der Waals surface area contributed by atoms with Gasteiger partial charge in [-0.3, -0.25) is 28.8 Å². The lowest BCUT2D eigenvalue weighted by molar-refractivity contribution is -0.173. The van der Waals surface area contributed by atoms with Gasteiger partial charge in [0.2, 0.25) is 5.78 Å². The van der Waals surface area contributed by atoms with Crippen LogP contribution in [0.15, 0.2) is 22.8 Å². The molecule has 4 rings (SSSR count). The van der Waals surface area contributed by atoms with Crippen molar-refractivity contribution in [2.75, 3.05) is 7.11 Å². The van der Waals surface area contributed by atoms with Gasteiger partial charge in [-0.05, 0) is 50.0 Å². The summed E-state index contributed by atoms with van der Waals surface area (Å²) < 4.78 is 10.5. The molecule has 0 amide bonds. The maximum Gasteiger partial charge on any atom is 0.308 e. The van der Waals surface area contributed by atoms with Crippen LogP contribution in [0.5, 0.6) is 0 Å². The molecular formula is C33H44O9. The molecule has 2 fully saturated rings. The molecular weight excluding hydrogens is 540 g/mol. The van der Waals surface area contributed by atoms with Gasteiger partial charge >= 0.3 is 11.9 Å². The van der Waals surface area contributed by atoms with E-state index in [0.29, 0.717) is 18.4 Å². The summed E-state index contributed by atoms with van der Waals surface area (Å²) in [6.07, 6.45) is 0.193. The first-order valence-electron chi connectivity index (χ1n) is 14.8. The molecule has 0 bridgehead atoms. The van der Waals surface area contributed by atoms with Crippen LogP contribution >= 0.6 is 0 Å². The summed E-state index contributed by atoms with van der Waals surface area (Å²) in [4.78, 5) is 80.2. The number of fused-ring (bicyclic) bond motifs is 4. The highest BCUT2D eigenvalue weighted by Gasteiger charge is 2.74. The van der Waals surface area contributed by atoms with Crippen LogP contribution < -0.4 is 0 Å². The van der Waals surface area contributed by atoms with Crippen LogP contribution in [0.1, 0.15) is 87.5 Å². The van der Waals surface area contributed by atoms with Gasteiger partial charge in [-0.15, -0.1) is 0 Å². The minimum Gasteiger partial charge on any atom is -0.469 e. The summed E-state index contributed by atoms with van der Waals surface area (Å²) in [5.41, 5.74) is -3.30. The van der Waals surface area contributed by atoms with Gasteiger partial charge < -0.3 is 14.6 Å². The van der Waals surface area contributed by atoms with E-state index in [1.54, 1.807) is 27.7 Å². The molecule has 9 nitrogen and oxygen atoms in total. The molecule has 0 aliphatic heterocycles. The van der Waals surface area contributed by atoms with E-state index in [1.165, 1.54) is 20.1 Å². The van der Waals surface area contributed by atoms with Gasteiger partial charge in [0.25, 0.3) is 0 Å². The van der Waals surface area contributed by atoms with Gasteiger partial charge in [-0.25, -0.2) is 0 Å². The SMILES string of the molecule is COC(=O)C(C)CC(=O)/C=C(\C)[C@H]1CC(=O)[C@@]2(C)C3=C(C(=O)[C@@H](OC(C)=O)[C@]12C)[C@@]1(C)CC[C@H](O)C(C)(C)[C@@H]1CC3=O. The number of allylic oxidation sites excluding steroid dienone is 3. The van der Waals surface area contributed by atoms with Crippen molar-refractivity contribution < 1.29 is 43.3 Å². The van der Waals surface area contributed by atoms with Gasteiger partial charge in [0, 0.05) is 48.2 Å². The van der Waals surface area contributed by atoms with Gasteiger partial charge in [-0.1, -0.05) is 40.2 Å². The Bertz CT molecular complexity index is 1330. The predicted molar refractivity (Wildman–Crippen MR) is 152 cm³/mol. The molecule has 0 heterocycles. The highest BCUT2D eigenvalue weighted by molar-refractivity contribution is 6.18. The van der Waals surface area contributed by atoms with E-state index in [9.17, 15) is 33.9 Å². The van der Waals surface area contributed by atoms with Gasteiger partial charge in [0.15, 0.2) is 17.7 Å². The Morgan fingerprint density at radius 2 is 1.64 bits per heavy atom. The molecule has 0 aromatic carbocycles. The van der Waals surface area contributed by atoms with Crippen molar-refractivity contribution in [1.82, 2.24) is 0 Å². The first kappa shape index (κ1) is 32.0. The van der Waals surface area contributed by atoms with E-state index >= 15 is 0 Å². The lowest BCUT2D eigenvalue weighted by Gasteiger charge is -2.60. The summed E-state index contributed by atoms with van der Waals surface area (Å²) in [6, 6.07) is 0. The number of rotatable bonds is 6. The summed E-state index contributed by atoms with van der Waals surface area (Å²) in [5, 5.41) is 10.9. The number of carbonyl (C=O) groups excluding carboxylic acids is 6. The quantitative estimate of drug-likeness (QED) is 0.364. The Hall–Kier alpha value is -2.94. The van der Waals surface area contributed by atoms with E-state index in [2.05, 4.69) is 0 Å². The standard InChI is InChI=1S/C33H44O9/c1-16(12-19(35)13-17(2)29(40)41-9)20-14-24(38)33(8)25-21(36)15-22-30(4,5)23(37)10-11-31(22,6)26(25)27(39)28(32(20,33)7)42-18(3)34/h12,17,20,22-23,28,37H,10-11,13-15H2,1-9H3/b16-12+/t17?,20-,22+,23+,28-,31+,32+,33+/m1/s1. The molecule has 4 aliphatic carbocycles. The molecule has 4 aliphatic rings. The van der Waals surface area contributed by atoms with Crippen LogP contribution in [0.2, 0.25) is 0 Å². The van der Waals surface area contributed by atoms with Crippen LogP contribution in [0.3, 0.4) is 0 Å². The maximum atomic E-state index is 14.6. The molecule has 42 heavy (non-hydrogen) atoms. The van der Waals surface area contributed by atoms with Crippen molar-refractivity contribution in [3.63, 3.8) is 0 Å². The van der Waals surface area contributed by atoms with E-state index < -0.39 is 63.4 Å². The fraction of sp³-hybridized carbons (Fsp3) is 0.697. The number of ether oxygens (including phenoxy) is 2. The van der Waals surface area contributed by atoms with Crippen molar-refractivity contribution >= 4 is 35.1 Å². The zero-order valence-corrected chi connectivity index (χ0v) is 26.2. The maximum absolute atomic E-state index is 14.6. The van der Waals surface area contributed by atoms with Crippen molar-refractivity contribution in [3.8, 4) is 0 Å². The average molecular weight is 585 g/mol. The monoisotopic (exact) mass is 584 g/mol. The highest BCUT2D eigenvalue weighted by atomic mass is 16.5. The van der Waals surface area contributed by atoms with Crippen LogP contribution in [0, 0.1) is 39.4 Å². The first-order valence-corrected chi connectivity index (χ1v) is 14.8. The number of aliphatic hydroxyl groups excluding tert-OH is 1. The third-order valence-corrected chi connectivity index (χ3v) is 11.6. The van der Waals surface area contributed by atoms with Crippen molar-refractivity contribution in [1.29, 1.82) is 0 Å². The van der Waals surface area contributed by atoms with Gasteiger partial charge in [0.1, 0.15) is 5.78 Å². The molecule has 0 spiro atoms. The molecule has 1 unspecified atom stereocenters. The fourth-order valence-electron chi connectivity index (χ4n) is 8.95. The smallest absolute Gasteiger partial charge is 0.308 e. The molecule has 0 aromatic heterocycles. The molecule has 1 N–H and O–H groups in total. The van der Waals surface area contributed by atoms with Crippen molar-refractivity contribution in [3.05, 3.63) is 22.8 Å². The first-order chi connectivity index (χ1) is 19.3. The summed E-state index contributed by atoms with van der Waals surface area (Å²) in [7, 11) is 1.25. The molecule has 0 saturated heterocycles. The number of ketones is 4. The second kappa shape index (κ2) is 10.4. The molecule has 0 aromatic rings. The molecule has 2 saturated carbocycles. The number of Topliss-reactive ketones (excluding diaryl/α,β-unsaturated/α-hetero) is 3. The summed E-state index contributed by atoms with van der Waals surface area (Å²) in [5.74, 6) is -4.26. The second-order valence-electron chi connectivity index (χ2n) is 14.1. The van der Waals surface area contributed by atoms with Crippen molar-refractivity contribution in [2.45, 2.75) is 99.7 Å². The Morgan fingerprint density at radius 1 is 1.02 bits per heavy atom. The lowest BCUT2D eigenvalue weighted by atomic mass is 9.42. The Labute approximate surface area is 247 Å². The minimum absolute atomic E-state index is 0.0470. The van der Waals surface area contributed by atoms with E-state index in [4.69, 9.17) is 9.47 Å². The van der Waals surface area contributed by atoms with Crippen molar-refractivity contribution in [2.24, 2.45) is 39.4 Å². The molecule has 230 valence electrons. The predicted octanol–water partition coefficient (Wildman–Crippen LogP) is 3.89. The third-order valence-electron chi connectivity index (χ3n) is 11.6. The third kappa shape index (κ3) is 4.28. The number of carbonyl (C=O) groups is 6. The molecule has 9 heteroatoms. The van der Waals surface area contributed by atoms with E-state index in [0.717, 1.165) is 0 Å². The van der Waals surface area contributed by atoms with Gasteiger partial charge in [0.05, 0.1) is 24.5 Å². The fourth-order valence-corrected chi connectivity index (χ4v) is 8.95. The lowest BCUT2D eigenvalue weighted by Crippen LogP contribution is -2.64. The molecule has 8 atom stereocenters. The van der Waals surface area contributed by atoms with Crippen LogP contribution in [0.25, 0.3) is 0 Å². The second-order valence-corrected chi connectivity index (χ2v) is 14.1. The molecule has 0 radical (unpaired) electrons. The Balaban J connectivity index is 1.91. The van der Waals surface area contributed by atoms with E-state index in [1.807, 2.05) is 20.8 Å². The van der Waals surface area contributed by atoms with Crippen LogP contribution in [0.4, 0.5) is 0 Å². The Morgan fingerprint density at radius 3 is 2.21 bits per heavy atom. The van der Waals surface area contributed by atoms with E-state index in [-0.39, 0.29) is 53.7 Å². The number of esters is 2. The minimum atomic E-state index is -1.45. The highest BCUT2D eigenvalue weighted by Crippen LogP contribution is 2.70. The summed E-state index contributed by atoms with van der Waals surface area (Å²) >= 11 is 0.